The highest BCUT2D eigenvalue weighted by molar-refractivity contribution is 9.10. The van der Waals surface area contributed by atoms with Crippen LogP contribution in [-0.2, 0) is 0 Å². The van der Waals surface area contributed by atoms with Crippen LogP contribution in [0.5, 0.6) is 0 Å². The molecule has 1 aliphatic rings. The van der Waals surface area contributed by atoms with Crippen LogP contribution in [0.3, 0.4) is 0 Å². The Morgan fingerprint density at radius 1 is 1.53 bits per heavy atom. The lowest BCUT2D eigenvalue weighted by atomic mass is 10.1. The minimum Gasteiger partial charge on any atom is -0.377 e. The molecule has 0 amide bonds. The normalized spacial score (nSPS) is 17.4. The van der Waals surface area contributed by atoms with Gasteiger partial charge in [0, 0.05) is 17.5 Å². The molecule has 0 aromatic carbocycles. The SMILES string of the molecule is CSC1(CNc2c(Br)cncc2[N+](=O)[O-])CCCC1. The maximum atomic E-state index is 11.0. The van der Waals surface area contributed by atoms with Gasteiger partial charge in [0.2, 0.25) is 0 Å². The average molecular weight is 346 g/mol. The zero-order valence-electron chi connectivity index (χ0n) is 10.7. The molecule has 7 heteroatoms. The molecule has 0 unspecified atom stereocenters. The summed E-state index contributed by atoms with van der Waals surface area (Å²) in [6, 6.07) is 0. The van der Waals surface area contributed by atoms with Crippen molar-refractivity contribution in [3.63, 3.8) is 0 Å². The van der Waals surface area contributed by atoms with E-state index in [0.29, 0.717) is 10.2 Å². The van der Waals surface area contributed by atoms with Gasteiger partial charge < -0.3 is 5.32 Å². The topological polar surface area (TPSA) is 68.1 Å². The quantitative estimate of drug-likeness (QED) is 0.648. The van der Waals surface area contributed by atoms with Crippen LogP contribution in [0.15, 0.2) is 16.9 Å². The van der Waals surface area contributed by atoms with E-state index in [9.17, 15) is 10.1 Å². The summed E-state index contributed by atoms with van der Waals surface area (Å²) < 4.78 is 0.840. The lowest BCUT2D eigenvalue weighted by Crippen LogP contribution is -2.30. The first kappa shape index (κ1) is 14.6. The molecule has 0 saturated heterocycles. The molecule has 1 aliphatic carbocycles. The molecule has 2 rings (SSSR count). The van der Waals surface area contributed by atoms with Crippen molar-refractivity contribution in [2.24, 2.45) is 0 Å². The number of thioether (sulfide) groups is 1. The zero-order chi connectivity index (χ0) is 13.9. The third-order valence-electron chi connectivity index (χ3n) is 3.61. The number of rotatable bonds is 5. The number of nitro groups is 1. The van der Waals surface area contributed by atoms with Crippen molar-refractivity contribution in [3.05, 3.63) is 27.0 Å². The van der Waals surface area contributed by atoms with E-state index in [1.54, 1.807) is 6.20 Å². The summed E-state index contributed by atoms with van der Waals surface area (Å²) in [5.41, 5.74) is 0.545. The van der Waals surface area contributed by atoms with Crippen LogP contribution >= 0.6 is 27.7 Å². The summed E-state index contributed by atoms with van der Waals surface area (Å²) in [5.74, 6) is 0. The summed E-state index contributed by atoms with van der Waals surface area (Å²) >= 11 is 5.18. The Kier molecular flexibility index (Phi) is 4.67. The van der Waals surface area contributed by atoms with E-state index < -0.39 is 4.92 Å². The molecule has 1 aromatic heterocycles. The van der Waals surface area contributed by atoms with Gasteiger partial charge in [-0.05, 0) is 35.0 Å². The summed E-state index contributed by atoms with van der Waals surface area (Å²) in [5, 5.41) is 14.3. The second-order valence-electron chi connectivity index (χ2n) is 4.72. The molecule has 104 valence electrons. The number of anilines is 1. The average Bonchev–Trinajstić information content (AvgIpc) is 2.86. The summed E-state index contributed by atoms with van der Waals surface area (Å²) in [4.78, 5) is 14.5. The highest BCUT2D eigenvalue weighted by Crippen LogP contribution is 2.41. The highest BCUT2D eigenvalue weighted by Gasteiger charge is 2.33. The minimum atomic E-state index is -0.402. The molecule has 5 nitrogen and oxygen atoms in total. The number of halogens is 1. The van der Waals surface area contributed by atoms with E-state index in [2.05, 4.69) is 32.5 Å². The smallest absolute Gasteiger partial charge is 0.311 e. The van der Waals surface area contributed by atoms with Gasteiger partial charge in [-0.15, -0.1) is 0 Å². The second kappa shape index (κ2) is 6.09. The Morgan fingerprint density at radius 2 is 2.21 bits per heavy atom. The molecule has 0 bridgehead atoms. The maximum Gasteiger partial charge on any atom is 0.311 e. The molecule has 0 aliphatic heterocycles. The van der Waals surface area contributed by atoms with E-state index in [0.717, 1.165) is 19.4 Å². The molecule has 1 saturated carbocycles. The van der Waals surface area contributed by atoms with Crippen LogP contribution in [0.1, 0.15) is 25.7 Å². The third-order valence-corrected chi connectivity index (χ3v) is 5.63. The molecular weight excluding hydrogens is 330 g/mol. The van der Waals surface area contributed by atoms with Crippen molar-refractivity contribution in [1.82, 2.24) is 4.98 Å². The van der Waals surface area contributed by atoms with Crippen molar-refractivity contribution in [3.8, 4) is 0 Å². The van der Waals surface area contributed by atoms with Crippen molar-refractivity contribution >= 4 is 39.1 Å². The monoisotopic (exact) mass is 345 g/mol. The van der Waals surface area contributed by atoms with E-state index >= 15 is 0 Å². The van der Waals surface area contributed by atoms with E-state index in [4.69, 9.17) is 0 Å². The van der Waals surface area contributed by atoms with Crippen LogP contribution in [0, 0.1) is 10.1 Å². The van der Waals surface area contributed by atoms with Gasteiger partial charge in [0.25, 0.3) is 0 Å². The van der Waals surface area contributed by atoms with E-state index in [-0.39, 0.29) is 10.4 Å². The van der Waals surface area contributed by atoms with Crippen LogP contribution < -0.4 is 5.32 Å². The van der Waals surface area contributed by atoms with Crippen LogP contribution in [0.4, 0.5) is 11.4 Å². The molecule has 0 radical (unpaired) electrons. The zero-order valence-corrected chi connectivity index (χ0v) is 13.1. The standard InChI is InChI=1S/C12H16BrN3O2S/c1-19-12(4-2-3-5-12)8-15-11-9(13)6-14-7-10(11)16(17)18/h6-7H,2-5,8H2,1H3,(H,14,15). The first-order valence-electron chi connectivity index (χ1n) is 6.15. The van der Waals surface area contributed by atoms with Gasteiger partial charge in [0.1, 0.15) is 11.9 Å². The van der Waals surface area contributed by atoms with Crippen LogP contribution in [-0.4, -0.2) is 27.5 Å². The van der Waals surface area contributed by atoms with Gasteiger partial charge >= 0.3 is 5.69 Å². The number of nitrogens with one attached hydrogen (secondary N) is 1. The first-order chi connectivity index (χ1) is 9.08. The molecule has 1 fully saturated rings. The third kappa shape index (κ3) is 3.20. The van der Waals surface area contributed by atoms with Gasteiger partial charge in [-0.3, -0.25) is 15.1 Å². The van der Waals surface area contributed by atoms with Gasteiger partial charge in [0.05, 0.1) is 9.40 Å². The number of hydrogen-bond donors (Lipinski definition) is 1. The predicted octanol–water partition coefficient (Wildman–Crippen LogP) is 3.84. The Balaban J connectivity index is 2.17. The molecule has 0 spiro atoms. The fourth-order valence-electron chi connectivity index (χ4n) is 2.46. The molecule has 1 heterocycles. The summed E-state index contributed by atoms with van der Waals surface area (Å²) in [7, 11) is 0. The fourth-order valence-corrected chi connectivity index (χ4v) is 3.84. The van der Waals surface area contributed by atoms with Gasteiger partial charge in [-0.2, -0.15) is 11.8 Å². The summed E-state index contributed by atoms with van der Waals surface area (Å²) in [6.45, 7) is 0.748. The summed E-state index contributed by atoms with van der Waals surface area (Å²) in [6.07, 6.45) is 9.78. The Morgan fingerprint density at radius 3 is 2.79 bits per heavy atom. The van der Waals surface area contributed by atoms with Crippen molar-refractivity contribution in [2.45, 2.75) is 30.4 Å². The Bertz CT molecular complexity index is 478. The lowest BCUT2D eigenvalue weighted by molar-refractivity contribution is -0.384. The molecule has 1 aromatic rings. The molecule has 0 atom stereocenters. The number of hydrogen-bond acceptors (Lipinski definition) is 5. The van der Waals surface area contributed by atoms with Crippen LogP contribution in [0.25, 0.3) is 0 Å². The minimum absolute atomic E-state index is 0.0172. The van der Waals surface area contributed by atoms with Crippen LogP contribution in [0.2, 0.25) is 0 Å². The molecule has 19 heavy (non-hydrogen) atoms. The van der Waals surface area contributed by atoms with E-state index in [1.165, 1.54) is 19.0 Å². The molecule has 1 N–H and O–H groups in total. The predicted molar refractivity (Wildman–Crippen MR) is 81.8 cm³/mol. The maximum absolute atomic E-state index is 11.0. The van der Waals surface area contributed by atoms with Gasteiger partial charge in [-0.25, -0.2) is 0 Å². The number of aromatic nitrogens is 1. The molecular formula is C12H16BrN3O2S. The van der Waals surface area contributed by atoms with E-state index in [1.807, 2.05) is 11.8 Å². The Labute approximate surface area is 124 Å². The largest absolute Gasteiger partial charge is 0.377 e. The van der Waals surface area contributed by atoms with Crippen molar-refractivity contribution in [1.29, 1.82) is 0 Å². The van der Waals surface area contributed by atoms with Crippen molar-refractivity contribution in [2.75, 3.05) is 18.1 Å². The van der Waals surface area contributed by atoms with Crippen molar-refractivity contribution < 1.29 is 4.92 Å². The lowest BCUT2D eigenvalue weighted by Gasteiger charge is -2.27. The van der Waals surface area contributed by atoms with Gasteiger partial charge in [0.15, 0.2) is 0 Å². The van der Waals surface area contributed by atoms with Gasteiger partial charge in [-0.1, -0.05) is 12.8 Å². The highest BCUT2D eigenvalue weighted by atomic mass is 79.9. The number of nitrogens with zero attached hydrogens (tertiary/aromatic N) is 2. The fraction of sp³-hybridized carbons (Fsp3) is 0.583. The first-order valence-corrected chi connectivity index (χ1v) is 8.17. The second-order valence-corrected chi connectivity index (χ2v) is 6.85. The number of pyridine rings is 1. The Hall–Kier alpha value is -0.820.